The van der Waals surface area contributed by atoms with E-state index in [1.807, 2.05) is 25.1 Å². The van der Waals surface area contributed by atoms with E-state index in [4.69, 9.17) is 9.47 Å². The highest BCUT2D eigenvalue weighted by Gasteiger charge is 2.44. The van der Waals surface area contributed by atoms with Crippen LogP contribution in [0, 0.1) is 24.7 Å². The fraction of sp³-hybridized carbons (Fsp3) is 0.500. The van der Waals surface area contributed by atoms with Gasteiger partial charge in [-0.25, -0.2) is 4.21 Å². The third-order valence-electron chi connectivity index (χ3n) is 10.9. The minimum atomic E-state index is -3.61. The quantitative estimate of drug-likeness (QED) is 0.359. The molecule has 1 spiro atoms. The van der Waals surface area contributed by atoms with Crippen LogP contribution in [0.5, 0.6) is 11.6 Å². The Hall–Kier alpha value is -4.16. The molecule has 0 unspecified atom stereocenters. The van der Waals surface area contributed by atoms with Gasteiger partial charge in [0, 0.05) is 37.3 Å². The fourth-order valence-corrected chi connectivity index (χ4v) is 10.2. The number of aryl methyl sites for hydroxylation is 3. The molecule has 2 aliphatic heterocycles. The second-order valence-corrected chi connectivity index (χ2v) is 16.8. The summed E-state index contributed by atoms with van der Waals surface area (Å²) in [4.78, 5) is 29.8. The Morgan fingerprint density at radius 1 is 1.20 bits per heavy atom. The first-order valence-corrected chi connectivity index (χ1v) is 19.3. The normalized spacial score (nSPS) is 30.1. The van der Waals surface area contributed by atoms with Gasteiger partial charge in [-0.05, 0) is 92.5 Å². The summed E-state index contributed by atoms with van der Waals surface area (Å²) in [5.74, 6) is -0.536. The maximum absolute atomic E-state index is 14.5. The maximum atomic E-state index is 14.5. The van der Waals surface area contributed by atoms with Crippen LogP contribution in [0.4, 0.5) is 5.69 Å². The van der Waals surface area contributed by atoms with Crippen LogP contribution in [-0.2, 0) is 28.8 Å². The van der Waals surface area contributed by atoms with Crippen molar-refractivity contribution in [3.8, 4) is 11.6 Å². The van der Waals surface area contributed by atoms with Crippen molar-refractivity contribution < 1.29 is 28.4 Å². The van der Waals surface area contributed by atoms with Gasteiger partial charge in [0.25, 0.3) is 11.8 Å². The number of amides is 2. The van der Waals surface area contributed by atoms with Crippen LogP contribution in [0.1, 0.15) is 76.4 Å². The number of aromatic nitrogens is 2. The molecule has 7 rings (SSSR count). The average molecular weight is 702 g/mol. The van der Waals surface area contributed by atoms with E-state index < -0.39 is 27.8 Å². The zero-order valence-electron chi connectivity index (χ0n) is 29.3. The van der Waals surface area contributed by atoms with Crippen molar-refractivity contribution in [3.63, 3.8) is 0 Å². The van der Waals surface area contributed by atoms with Crippen molar-refractivity contribution in [3.05, 3.63) is 82.6 Å². The van der Waals surface area contributed by atoms with Crippen LogP contribution >= 0.6 is 0 Å². The maximum Gasteiger partial charge on any atom is 0.286 e. The van der Waals surface area contributed by atoms with Crippen LogP contribution in [0.25, 0.3) is 0 Å². The minimum absolute atomic E-state index is 0.0683. The SMILES string of the molecule is COc1nn(C)cc1C(=O)N[S@@]1(=O)=NC(=O)c2ccc3c(c2)N(C[C@@H]2CC[C@H]2[C@@H](O)/C=C/C[C@H](C)C1)C[C@@]1(CCCc2cc(C)ccc21)CO3. The van der Waals surface area contributed by atoms with Crippen LogP contribution in [0.2, 0.25) is 0 Å². The molecule has 3 heterocycles. The fourth-order valence-electron chi connectivity index (χ4n) is 8.27. The number of nitrogens with one attached hydrogen (secondary N) is 1. The third kappa shape index (κ3) is 6.67. The lowest BCUT2D eigenvalue weighted by Crippen LogP contribution is -2.49. The predicted molar refractivity (Wildman–Crippen MR) is 192 cm³/mol. The summed E-state index contributed by atoms with van der Waals surface area (Å²) in [5, 5.41) is 15.5. The number of hydrogen-bond donors (Lipinski definition) is 2. The molecule has 50 heavy (non-hydrogen) atoms. The van der Waals surface area contributed by atoms with Gasteiger partial charge in [0.1, 0.15) is 21.2 Å². The standard InChI is InChI=1S/C38H47N5O6S/c1-24-10-14-31-26(17-24)8-6-16-38(31)22-43-19-28-11-13-29(28)33(44)9-5-7-25(2)21-50(47,41-36(46)30-20-42(3)39-37(30)48-4)40-35(45)27-12-15-34(49-23-38)32(43)18-27/h5,9-10,12,14-15,17-18,20,25,28-29,33,44H,6-8,11,13,16,19,21-23H2,1-4H3,(H,40,41,45,46,47)/b9-5+/t25-,28-,29+,33-,38-,50-/m0/s1. The molecule has 1 aromatic heterocycles. The number of nitrogens with zero attached hydrogens (tertiary/aromatic N) is 4. The molecule has 2 aromatic carbocycles. The lowest BCUT2D eigenvalue weighted by atomic mass is 9.68. The molecule has 0 saturated heterocycles. The van der Waals surface area contributed by atoms with Gasteiger partial charge in [-0.1, -0.05) is 42.8 Å². The van der Waals surface area contributed by atoms with E-state index in [-0.39, 0.29) is 45.9 Å². The van der Waals surface area contributed by atoms with Gasteiger partial charge in [-0.3, -0.25) is 19.0 Å². The molecule has 1 saturated carbocycles. The molecule has 4 aliphatic rings. The van der Waals surface area contributed by atoms with Crippen LogP contribution in [-0.4, -0.2) is 69.6 Å². The molecule has 12 heteroatoms. The molecule has 1 fully saturated rings. The van der Waals surface area contributed by atoms with E-state index in [1.54, 1.807) is 19.2 Å². The molecule has 0 radical (unpaired) electrons. The number of benzene rings is 2. The van der Waals surface area contributed by atoms with E-state index in [0.717, 1.165) is 37.8 Å². The number of anilines is 1. The number of fused-ring (bicyclic) bond motifs is 4. The van der Waals surface area contributed by atoms with Crippen molar-refractivity contribution in [2.24, 2.45) is 29.2 Å². The number of ether oxygens (including phenoxy) is 2. The number of rotatable bonds is 3. The Morgan fingerprint density at radius 2 is 2.04 bits per heavy atom. The van der Waals surface area contributed by atoms with Crippen molar-refractivity contribution >= 4 is 27.4 Å². The lowest BCUT2D eigenvalue weighted by Gasteiger charge is -2.45. The largest absolute Gasteiger partial charge is 0.490 e. The predicted octanol–water partition coefficient (Wildman–Crippen LogP) is 5.15. The van der Waals surface area contributed by atoms with Crippen LogP contribution < -0.4 is 19.1 Å². The highest BCUT2D eigenvalue weighted by molar-refractivity contribution is 7.92. The first kappa shape index (κ1) is 34.3. The van der Waals surface area contributed by atoms with Crippen molar-refractivity contribution in [1.29, 1.82) is 0 Å². The molecule has 2 N–H and O–H groups in total. The van der Waals surface area contributed by atoms with E-state index >= 15 is 0 Å². The topological polar surface area (TPSA) is 135 Å². The first-order valence-electron chi connectivity index (χ1n) is 17.6. The smallest absolute Gasteiger partial charge is 0.286 e. The Bertz CT molecular complexity index is 1960. The highest BCUT2D eigenvalue weighted by atomic mass is 32.2. The molecule has 11 nitrogen and oxygen atoms in total. The van der Waals surface area contributed by atoms with Crippen LogP contribution in [0.15, 0.2) is 59.1 Å². The number of methoxy groups -OCH3 is 1. The summed E-state index contributed by atoms with van der Waals surface area (Å²) in [7, 11) is -0.563. The summed E-state index contributed by atoms with van der Waals surface area (Å²) >= 11 is 0. The summed E-state index contributed by atoms with van der Waals surface area (Å²) in [6, 6.07) is 12.0. The second kappa shape index (κ2) is 13.5. The second-order valence-electron chi connectivity index (χ2n) is 14.8. The number of hydrogen-bond acceptors (Lipinski definition) is 8. The van der Waals surface area contributed by atoms with E-state index in [1.165, 1.54) is 34.7 Å². The monoisotopic (exact) mass is 701 g/mol. The number of aliphatic hydroxyl groups is 1. The molecular weight excluding hydrogens is 655 g/mol. The van der Waals surface area contributed by atoms with Crippen molar-refractivity contribution in [2.75, 3.05) is 37.5 Å². The summed E-state index contributed by atoms with van der Waals surface area (Å²) < 4.78 is 34.6. The lowest BCUT2D eigenvalue weighted by molar-refractivity contribution is 0.0456. The Balaban J connectivity index is 1.30. The van der Waals surface area contributed by atoms with Crippen molar-refractivity contribution in [2.45, 2.75) is 63.9 Å². The number of allylic oxidation sites excluding steroid dienone is 1. The van der Waals surface area contributed by atoms with Crippen molar-refractivity contribution in [1.82, 2.24) is 14.5 Å². The summed E-state index contributed by atoms with van der Waals surface area (Å²) in [6.07, 6.45) is 10.1. The van der Waals surface area contributed by atoms with Gasteiger partial charge in [-0.2, -0.15) is 0 Å². The number of carbonyl (C=O) groups excluding carboxylic acids is 2. The molecule has 2 aliphatic carbocycles. The Labute approximate surface area is 294 Å². The van der Waals surface area contributed by atoms with E-state index in [9.17, 15) is 18.9 Å². The van der Waals surface area contributed by atoms with E-state index in [2.05, 4.69) is 44.2 Å². The van der Waals surface area contributed by atoms with Gasteiger partial charge in [-0.15, -0.1) is 9.46 Å². The Kier molecular flexibility index (Phi) is 9.27. The summed E-state index contributed by atoms with van der Waals surface area (Å²) in [6.45, 7) is 5.95. The van der Waals surface area contributed by atoms with Gasteiger partial charge >= 0.3 is 0 Å². The molecule has 2 amide bonds. The number of aliphatic hydroxyl groups excluding tert-OH is 1. The molecule has 2 bridgehead atoms. The van der Waals surface area contributed by atoms with Gasteiger partial charge in [0.15, 0.2) is 0 Å². The van der Waals surface area contributed by atoms with Gasteiger partial charge in [0.05, 0.1) is 31.3 Å². The van der Waals surface area contributed by atoms with E-state index in [0.29, 0.717) is 31.9 Å². The molecular formula is C38H47N5O6S. The molecule has 3 aromatic rings. The zero-order chi connectivity index (χ0) is 35.2. The van der Waals surface area contributed by atoms with Crippen LogP contribution in [0.3, 0.4) is 0 Å². The third-order valence-corrected chi connectivity index (χ3v) is 12.9. The van der Waals surface area contributed by atoms with Gasteiger partial charge in [0.2, 0.25) is 5.88 Å². The first-order chi connectivity index (χ1) is 24.0. The molecule has 6 atom stereocenters. The minimum Gasteiger partial charge on any atom is -0.490 e. The Morgan fingerprint density at radius 3 is 2.82 bits per heavy atom. The highest BCUT2D eigenvalue weighted by Crippen LogP contribution is 2.46. The zero-order valence-corrected chi connectivity index (χ0v) is 30.1. The number of carbonyl (C=O) groups is 2. The van der Waals surface area contributed by atoms with Gasteiger partial charge < -0.3 is 19.5 Å². The average Bonchev–Trinajstić information content (AvgIpc) is 3.37. The molecule has 266 valence electrons. The summed E-state index contributed by atoms with van der Waals surface area (Å²) in [5.41, 5.74) is 4.83.